The van der Waals surface area contributed by atoms with Gasteiger partial charge in [-0.1, -0.05) is 6.92 Å². The minimum Gasteiger partial charge on any atom is -0.381 e. The molecule has 1 fully saturated rings. The normalized spacial score (nSPS) is 21.4. The van der Waals surface area contributed by atoms with Gasteiger partial charge in [-0.25, -0.2) is 0 Å². The summed E-state index contributed by atoms with van der Waals surface area (Å²) in [7, 11) is 0. The number of carbonyl (C=O) groups is 2. The number of rotatable bonds is 5. The van der Waals surface area contributed by atoms with Crippen LogP contribution in [0.1, 0.15) is 44.3 Å². The number of hydrogen-bond acceptors (Lipinski definition) is 4. The first kappa shape index (κ1) is 17.0. The van der Waals surface area contributed by atoms with Crippen molar-refractivity contribution in [3.05, 3.63) is 18.0 Å². The van der Waals surface area contributed by atoms with Gasteiger partial charge in [0, 0.05) is 32.4 Å². The summed E-state index contributed by atoms with van der Waals surface area (Å²) in [6.07, 6.45) is 5.00. The van der Waals surface area contributed by atoms with Crippen LogP contribution in [0.4, 0.5) is 0 Å². The second-order valence-corrected chi connectivity index (χ2v) is 6.61. The molecule has 7 nitrogen and oxygen atoms in total. The van der Waals surface area contributed by atoms with Crippen molar-refractivity contribution in [1.82, 2.24) is 20.0 Å². The molecule has 0 aliphatic carbocycles. The molecule has 7 heteroatoms. The topological polar surface area (TPSA) is 76.5 Å². The predicted octanol–water partition coefficient (Wildman–Crippen LogP) is 1.11. The summed E-state index contributed by atoms with van der Waals surface area (Å²) in [6.45, 7) is 5.12. The lowest BCUT2D eigenvalue weighted by atomic mass is 10.0. The minimum atomic E-state index is -0.440. The molecule has 24 heavy (non-hydrogen) atoms. The Kier molecular flexibility index (Phi) is 5.50. The zero-order valence-electron chi connectivity index (χ0n) is 14.2. The van der Waals surface area contributed by atoms with E-state index in [1.165, 1.54) is 0 Å². The minimum absolute atomic E-state index is 0.0551. The Morgan fingerprint density at radius 1 is 1.38 bits per heavy atom. The van der Waals surface area contributed by atoms with Crippen LogP contribution in [0, 0.1) is 5.92 Å². The Balaban J connectivity index is 1.64. The summed E-state index contributed by atoms with van der Waals surface area (Å²) < 4.78 is 7.11. The van der Waals surface area contributed by atoms with Crippen molar-refractivity contribution in [3.8, 4) is 0 Å². The zero-order valence-corrected chi connectivity index (χ0v) is 14.2. The lowest BCUT2D eigenvalue weighted by molar-refractivity contribution is -0.135. The molecule has 2 aliphatic rings. The smallest absolute Gasteiger partial charge is 0.246 e. The summed E-state index contributed by atoms with van der Waals surface area (Å²) in [4.78, 5) is 26.7. The third-order valence-corrected chi connectivity index (χ3v) is 4.82. The number of carbonyl (C=O) groups excluding carboxylic acids is 2. The van der Waals surface area contributed by atoms with Crippen LogP contribution in [-0.4, -0.2) is 52.8 Å². The van der Waals surface area contributed by atoms with E-state index in [4.69, 9.17) is 4.74 Å². The zero-order chi connectivity index (χ0) is 16.9. The monoisotopic (exact) mass is 334 g/mol. The Bertz CT molecular complexity index is 580. The van der Waals surface area contributed by atoms with E-state index < -0.39 is 6.04 Å². The van der Waals surface area contributed by atoms with Crippen LogP contribution in [0.25, 0.3) is 0 Å². The Morgan fingerprint density at radius 3 is 2.92 bits per heavy atom. The largest absolute Gasteiger partial charge is 0.381 e. The van der Waals surface area contributed by atoms with Crippen molar-refractivity contribution in [2.75, 3.05) is 26.3 Å². The maximum atomic E-state index is 12.7. The third-order valence-electron chi connectivity index (χ3n) is 4.82. The van der Waals surface area contributed by atoms with Gasteiger partial charge in [0.05, 0.1) is 18.8 Å². The first-order chi connectivity index (χ1) is 11.7. The lowest BCUT2D eigenvalue weighted by Crippen LogP contribution is -2.47. The first-order valence-electron chi connectivity index (χ1n) is 8.84. The molecule has 3 rings (SSSR count). The molecule has 2 amide bonds. The van der Waals surface area contributed by atoms with Gasteiger partial charge in [-0.3, -0.25) is 14.3 Å². The number of nitrogens with zero attached hydrogens (tertiary/aromatic N) is 3. The fourth-order valence-electron chi connectivity index (χ4n) is 3.36. The molecule has 3 heterocycles. The van der Waals surface area contributed by atoms with Gasteiger partial charge in [0.2, 0.25) is 11.8 Å². The van der Waals surface area contributed by atoms with Crippen LogP contribution in [0.2, 0.25) is 0 Å². The molecular weight excluding hydrogens is 308 g/mol. The lowest BCUT2D eigenvalue weighted by Gasteiger charge is -2.33. The van der Waals surface area contributed by atoms with Gasteiger partial charge in [0.15, 0.2) is 0 Å². The quantitative estimate of drug-likeness (QED) is 0.875. The van der Waals surface area contributed by atoms with Crippen molar-refractivity contribution >= 4 is 11.8 Å². The van der Waals surface area contributed by atoms with E-state index in [9.17, 15) is 9.59 Å². The van der Waals surface area contributed by atoms with Gasteiger partial charge < -0.3 is 15.0 Å². The Hall–Kier alpha value is -1.89. The summed E-state index contributed by atoms with van der Waals surface area (Å²) in [5, 5.41) is 7.34. The molecule has 0 saturated carbocycles. The van der Waals surface area contributed by atoms with E-state index in [2.05, 4.69) is 10.4 Å². The van der Waals surface area contributed by atoms with Gasteiger partial charge >= 0.3 is 0 Å². The van der Waals surface area contributed by atoms with Crippen molar-refractivity contribution in [1.29, 1.82) is 0 Å². The highest BCUT2D eigenvalue weighted by Gasteiger charge is 2.32. The second kappa shape index (κ2) is 7.79. The third kappa shape index (κ3) is 3.77. The molecule has 1 aromatic rings. The van der Waals surface area contributed by atoms with E-state index in [1.54, 1.807) is 15.8 Å². The number of hydrogen-bond donors (Lipinski definition) is 1. The van der Waals surface area contributed by atoms with Crippen LogP contribution in [-0.2, 0) is 20.9 Å². The average Bonchev–Trinajstić information content (AvgIpc) is 3.08. The number of amides is 2. The molecule has 2 aliphatic heterocycles. The molecule has 132 valence electrons. The molecule has 1 saturated heterocycles. The molecule has 0 bridgehead atoms. The molecule has 0 radical (unpaired) electrons. The molecule has 0 aromatic carbocycles. The number of ether oxygens (including phenoxy) is 1. The number of aromatic nitrogens is 2. The Morgan fingerprint density at radius 2 is 2.17 bits per heavy atom. The van der Waals surface area contributed by atoms with E-state index >= 15 is 0 Å². The fraction of sp³-hybridized carbons (Fsp3) is 0.706. The summed E-state index contributed by atoms with van der Waals surface area (Å²) in [6, 6.07) is 1.44. The fourth-order valence-corrected chi connectivity index (χ4v) is 3.36. The van der Waals surface area contributed by atoms with Crippen LogP contribution < -0.4 is 5.32 Å². The van der Waals surface area contributed by atoms with Gasteiger partial charge in [0.25, 0.3) is 0 Å². The standard InChI is InChI=1S/C17H26N4O3/c1-2-3-16(22)20-11-14-4-7-19-21(14)15(12-20)17(23)18-10-13-5-8-24-9-6-13/h4,7,13,15H,2-3,5-6,8-12H2,1H3,(H,18,23). The van der Waals surface area contributed by atoms with E-state index in [1.807, 2.05) is 13.0 Å². The van der Waals surface area contributed by atoms with Gasteiger partial charge in [0.1, 0.15) is 6.04 Å². The molecule has 1 aromatic heterocycles. The maximum absolute atomic E-state index is 12.7. The average molecular weight is 334 g/mol. The number of nitrogens with one attached hydrogen (secondary N) is 1. The van der Waals surface area contributed by atoms with Crippen molar-refractivity contribution in [3.63, 3.8) is 0 Å². The molecule has 1 unspecified atom stereocenters. The highest BCUT2D eigenvalue weighted by molar-refractivity contribution is 5.82. The highest BCUT2D eigenvalue weighted by Crippen LogP contribution is 2.22. The van der Waals surface area contributed by atoms with Crippen LogP contribution in [0.15, 0.2) is 12.3 Å². The maximum Gasteiger partial charge on any atom is 0.246 e. The molecule has 1 N–H and O–H groups in total. The van der Waals surface area contributed by atoms with Crippen LogP contribution >= 0.6 is 0 Å². The summed E-state index contributed by atoms with van der Waals surface area (Å²) in [5.74, 6) is 0.522. The highest BCUT2D eigenvalue weighted by atomic mass is 16.5. The van der Waals surface area contributed by atoms with Gasteiger partial charge in [-0.05, 0) is 31.2 Å². The van der Waals surface area contributed by atoms with Crippen LogP contribution in [0.3, 0.4) is 0 Å². The van der Waals surface area contributed by atoms with Gasteiger partial charge in [-0.15, -0.1) is 0 Å². The second-order valence-electron chi connectivity index (χ2n) is 6.61. The molecule has 1 atom stereocenters. The summed E-state index contributed by atoms with van der Waals surface area (Å²) >= 11 is 0. The molecular formula is C17H26N4O3. The van der Waals surface area contributed by atoms with Crippen molar-refractivity contribution in [2.45, 2.75) is 45.2 Å². The SMILES string of the molecule is CCCC(=O)N1Cc2ccnn2C(C(=O)NCC2CCOCC2)C1. The molecule has 0 spiro atoms. The van der Waals surface area contributed by atoms with Gasteiger partial charge in [-0.2, -0.15) is 5.10 Å². The predicted molar refractivity (Wildman–Crippen MR) is 88.1 cm³/mol. The van der Waals surface area contributed by atoms with Crippen LogP contribution in [0.5, 0.6) is 0 Å². The van der Waals surface area contributed by atoms with E-state index in [-0.39, 0.29) is 11.8 Å². The van der Waals surface area contributed by atoms with Crippen molar-refractivity contribution in [2.24, 2.45) is 5.92 Å². The van der Waals surface area contributed by atoms with Crippen molar-refractivity contribution < 1.29 is 14.3 Å². The van der Waals surface area contributed by atoms with E-state index in [0.29, 0.717) is 32.0 Å². The summed E-state index contributed by atoms with van der Waals surface area (Å²) in [5.41, 5.74) is 0.914. The first-order valence-corrected chi connectivity index (χ1v) is 8.84. The Labute approximate surface area is 142 Å². The van der Waals surface area contributed by atoms with E-state index in [0.717, 1.165) is 38.2 Å². The number of fused-ring (bicyclic) bond motifs is 1.